The highest BCUT2D eigenvalue weighted by atomic mass is 16.5. The van der Waals surface area contributed by atoms with Gasteiger partial charge in [-0.25, -0.2) is 0 Å². The van der Waals surface area contributed by atoms with Gasteiger partial charge in [-0.2, -0.15) is 0 Å². The fraction of sp³-hybridized carbons (Fsp3) is 0.611. The molecule has 0 radical (unpaired) electrons. The van der Waals surface area contributed by atoms with Crippen molar-refractivity contribution in [2.45, 2.75) is 37.7 Å². The number of hydrogen-bond donors (Lipinski definition) is 1. The van der Waals surface area contributed by atoms with E-state index in [1.54, 1.807) is 0 Å². The average molecular weight is 302 g/mol. The molecule has 22 heavy (non-hydrogen) atoms. The maximum atomic E-state index is 12.2. The lowest BCUT2D eigenvalue weighted by molar-refractivity contribution is -0.124. The van der Waals surface area contributed by atoms with E-state index in [1.165, 1.54) is 24.8 Å². The van der Waals surface area contributed by atoms with Crippen LogP contribution in [0.15, 0.2) is 30.3 Å². The summed E-state index contributed by atoms with van der Waals surface area (Å²) in [5.41, 5.74) is 1.52. The lowest BCUT2D eigenvalue weighted by Crippen LogP contribution is -2.50. The second-order valence-electron chi connectivity index (χ2n) is 6.69. The Kier molecular flexibility index (Phi) is 4.79. The Labute approximate surface area is 132 Å². The van der Waals surface area contributed by atoms with E-state index < -0.39 is 0 Å². The Hall–Kier alpha value is -1.39. The monoisotopic (exact) mass is 302 g/mol. The highest BCUT2D eigenvalue weighted by Crippen LogP contribution is 2.43. The Morgan fingerprint density at radius 3 is 2.77 bits per heavy atom. The van der Waals surface area contributed by atoms with Crippen LogP contribution in [0.1, 0.15) is 31.7 Å². The van der Waals surface area contributed by atoms with Gasteiger partial charge < -0.3 is 10.1 Å². The first-order chi connectivity index (χ1) is 10.7. The molecule has 1 saturated heterocycles. The van der Waals surface area contributed by atoms with E-state index in [9.17, 15) is 4.79 Å². The van der Waals surface area contributed by atoms with Crippen molar-refractivity contribution in [1.82, 2.24) is 10.2 Å². The maximum absolute atomic E-state index is 12.2. The topological polar surface area (TPSA) is 41.6 Å². The van der Waals surface area contributed by atoms with Crippen LogP contribution in [0, 0.1) is 0 Å². The van der Waals surface area contributed by atoms with Crippen LogP contribution in [0.5, 0.6) is 0 Å². The molecule has 0 spiro atoms. The minimum atomic E-state index is 0.135. The number of ether oxygens (including phenoxy) is 1. The standard InChI is InChI=1S/C18H26N2O2/c1-15-12-20(10-11-22-15)13-17(21)19-14-18(8-5-9-18)16-6-3-2-4-7-16/h2-4,6-7,15H,5,8-14H2,1H3,(H,19,21). The van der Waals surface area contributed by atoms with Gasteiger partial charge >= 0.3 is 0 Å². The molecule has 3 rings (SSSR count). The van der Waals surface area contributed by atoms with Gasteiger partial charge in [0.1, 0.15) is 0 Å². The predicted molar refractivity (Wildman–Crippen MR) is 86.8 cm³/mol. The minimum absolute atomic E-state index is 0.135. The number of carbonyl (C=O) groups excluding carboxylic acids is 1. The predicted octanol–water partition coefficient (Wildman–Crippen LogP) is 1.95. The highest BCUT2D eigenvalue weighted by molar-refractivity contribution is 5.78. The minimum Gasteiger partial charge on any atom is -0.376 e. The third kappa shape index (κ3) is 3.50. The van der Waals surface area contributed by atoms with Crippen molar-refractivity contribution in [1.29, 1.82) is 0 Å². The molecule has 1 N–H and O–H groups in total. The first kappa shape index (κ1) is 15.5. The van der Waals surface area contributed by atoms with Crippen molar-refractivity contribution >= 4 is 5.91 Å². The van der Waals surface area contributed by atoms with E-state index in [-0.39, 0.29) is 17.4 Å². The van der Waals surface area contributed by atoms with Crippen molar-refractivity contribution in [3.63, 3.8) is 0 Å². The van der Waals surface area contributed by atoms with Gasteiger partial charge in [0.05, 0.1) is 19.3 Å². The molecule has 1 aromatic carbocycles. The zero-order valence-corrected chi connectivity index (χ0v) is 13.4. The van der Waals surface area contributed by atoms with E-state index >= 15 is 0 Å². The van der Waals surface area contributed by atoms with E-state index in [4.69, 9.17) is 4.74 Å². The zero-order valence-electron chi connectivity index (χ0n) is 13.4. The summed E-state index contributed by atoms with van der Waals surface area (Å²) in [5.74, 6) is 0.135. The fourth-order valence-corrected chi connectivity index (χ4v) is 3.52. The highest BCUT2D eigenvalue weighted by Gasteiger charge is 2.38. The number of hydrogen-bond acceptors (Lipinski definition) is 3. The van der Waals surface area contributed by atoms with Crippen LogP contribution in [0.25, 0.3) is 0 Å². The number of carbonyl (C=O) groups is 1. The van der Waals surface area contributed by atoms with Crippen molar-refractivity contribution in [3.8, 4) is 0 Å². The molecule has 1 atom stereocenters. The fourth-order valence-electron chi connectivity index (χ4n) is 3.52. The Balaban J connectivity index is 1.51. The van der Waals surface area contributed by atoms with Gasteiger partial charge in [-0.1, -0.05) is 36.8 Å². The zero-order chi connectivity index (χ0) is 15.4. The van der Waals surface area contributed by atoms with Gasteiger partial charge in [-0.15, -0.1) is 0 Å². The SMILES string of the molecule is CC1CN(CC(=O)NCC2(c3ccccc3)CCC2)CCO1. The van der Waals surface area contributed by atoms with E-state index in [0.717, 1.165) is 26.2 Å². The summed E-state index contributed by atoms with van der Waals surface area (Å²) in [5, 5.41) is 3.16. The van der Waals surface area contributed by atoms with Crippen LogP contribution in [0.4, 0.5) is 0 Å². The van der Waals surface area contributed by atoms with Crippen LogP contribution >= 0.6 is 0 Å². The quantitative estimate of drug-likeness (QED) is 0.904. The Morgan fingerprint density at radius 2 is 2.14 bits per heavy atom. The molecule has 0 bridgehead atoms. The van der Waals surface area contributed by atoms with Crippen LogP contribution in [-0.4, -0.2) is 49.7 Å². The molecular formula is C18H26N2O2. The molecule has 120 valence electrons. The van der Waals surface area contributed by atoms with E-state index in [0.29, 0.717) is 6.54 Å². The van der Waals surface area contributed by atoms with Crippen molar-refractivity contribution in [2.75, 3.05) is 32.8 Å². The maximum Gasteiger partial charge on any atom is 0.234 e. The summed E-state index contributed by atoms with van der Waals surface area (Å²) in [6.45, 7) is 5.72. The van der Waals surface area contributed by atoms with Gasteiger partial charge in [-0.3, -0.25) is 9.69 Å². The lowest BCUT2D eigenvalue weighted by atomic mass is 9.64. The van der Waals surface area contributed by atoms with Crippen molar-refractivity contribution < 1.29 is 9.53 Å². The molecule has 2 fully saturated rings. The summed E-state index contributed by atoms with van der Waals surface area (Å²) in [4.78, 5) is 14.4. The largest absolute Gasteiger partial charge is 0.376 e. The van der Waals surface area contributed by atoms with E-state index in [1.807, 2.05) is 6.07 Å². The van der Waals surface area contributed by atoms with Crippen LogP contribution < -0.4 is 5.32 Å². The molecule has 2 aliphatic rings. The molecule has 0 aromatic heterocycles. The molecule has 4 nitrogen and oxygen atoms in total. The molecule has 1 saturated carbocycles. The molecule has 1 aromatic rings. The number of amides is 1. The molecule has 1 amide bonds. The first-order valence-corrected chi connectivity index (χ1v) is 8.34. The molecule has 1 aliphatic carbocycles. The number of nitrogens with zero attached hydrogens (tertiary/aromatic N) is 1. The van der Waals surface area contributed by atoms with Gasteiger partial charge in [0.15, 0.2) is 0 Å². The third-order valence-electron chi connectivity index (χ3n) is 5.01. The van der Waals surface area contributed by atoms with Gasteiger partial charge in [0, 0.05) is 25.0 Å². The average Bonchev–Trinajstić information content (AvgIpc) is 2.47. The van der Waals surface area contributed by atoms with Gasteiger partial charge in [0.2, 0.25) is 5.91 Å². The van der Waals surface area contributed by atoms with Gasteiger partial charge in [0.25, 0.3) is 0 Å². The number of nitrogens with one attached hydrogen (secondary N) is 1. The van der Waals surface area contributed by atoms with Crippen molar-refractivity contribution in [3.05, 3.63) is 35.9 Å². The second kappa shape index (κ2) is 6.80. The van der Waals surface area contributed by atoms with Gasteiger partial charge in [-0.05, 0) is 25.3 Å². The molecule has 1 aliphatic heterocycles. The molecule has 4 heteroatoms. The number of benzene rings is 1. The smallest absolute Gasteiger partial charge is 0.234 e. The summed E-state index contributed by atoms with van der Waals surface area (Å²) in [6.07, 6.45) is 3.83. The summed E-state index contributed by atoms with van der Waals surface area (Å²) in [6, 6.07) is 10.6. The normalized spacial score (nSPS) is 24.5. The van der Waals surface area contributed by atoms with Crippen LogP contribution in [0.2, 0.25) is 0 Å². The summed E-state index contributed by atoms with van der Waals surface area (Å²) < 4.78 is 5.51. The number of rotatable bonds is 5. The van der Waals surface area contributed by atoms with Crippen LogP contribution in [0.3, 0.4) is 0 Å². The Bertz CT molecular complexity index is 499. The molecular weight excluding hydrogens is 276 g/mol. The Morgan fingerprint density at radius 1 is 1.36 bits per heavy atom. The first-order valence-electron chi connectivity index (χ1n) is 8.34. The molecule has 1 unspecified atom stereocenters. The van der Waals surface area contributed by atoms with Crippen molar-refractivity contribution in [2.24, 2.45) is 0 Å². The van der Waals surface area contributed by atoms with Crippen LogP contribution in [-0.2, 0) is 14.9 Å². The van der Waals surface area contributed by atoms with E-state index in [2.05, 4.69) is 41.4 Å². The second-order valence-corrected chi connectivity index (χ2v) is 6.69. The number of morpholine rings is 1. The summed E-state index contributed by atoms with van der Waals surface area (Å²) >= 11 is 0. The third-order valence-corrected chi connectivity index (χ3v) is 5.01. The summed E-state index contributed by atoms with van der Waals surface area (Å²) in [7, 11) is 0. The molecule has 1 heterocycles. The lowest BCUT2D eigenvalue weighted by Gasteiger charge is -2.42.